The molecule has 188 valence electrons. The number of hydrogen-bond acceptors (Lipinski definition) is 6. The molecule has 0 amide bonds. The van der Waals surface area contributed by atoms with Crippen LogP contribution in [0.4, 0.5) is 4.39 Å². The number of benzene rings is 1. The van der Waals surface area contributed by atoms with E-state index in [1.165, 1.54) is 25.3 Å². The third kappa shape index (κ3) is 4.06. The van der Waals surface area contributed by atoms with Crippen molar-refractivity contribution in [3.05, 3.63) is 73.1 Å². The van der Waals surface area contributed by atoms with Crippen LogP contribution in [0, 0.1) is 5.82 Å². The number of pyridine rings is 3. The van der Waals surface area contributed by atoms with Crippen molar-refractivity contribution >= 4 is 22.2 Å². The van der Waals surface area contributed by atoms with Crippen molar-refractivity contribution in [3.63, 3.8) is 0 Å². The first-order valence-electron chi connectivity index (χ1n) is 12.8. The molecule has 5 heterocycles. The fourth-order valence-corrected chi connectivity index (χ4v) is 5.18. The average Bonchev–Trinajstić information content (AvgIpc) is 3.58. The fourth-order valence-electron chi connectivity index (χ4n) is 5.18. The Hall–Kier alpha value is -4.66. The number of fused-ring (bicyclic) bond motifs is 2. The molecule has 6 aromatic rings. The van der Waals surface area contributed by atoms with Gasteiger partial charge in [-0.1, -0.05) is 24.6 Å². The molecule has 0 bridgehead atoms. The molecule has 0 saturated heterocycles. The van der Waals surface area contributed by atoms with Gasteiger partial charge in [0.25, 0.3) is 0 Å². The maximum Gasteiger partial charge on any atom is 0.161 e. The lowest BCUT2D eigenvalue weighted by Crippen LogP contribution is -2.19. The van der Waals surface area contributed by atoms with E-state index in [0.717, 1.165) is 35.1 Å². The summed E-state index contributed by atoms with van der Waals surface area (Å²) >= 11 is 0. The maximum absolute atomic E-state index is 14.6. The zero-order chi connectivity index (χ0) is 25.5. The molecule has 0 aliphatic heterocycles. The Morgan fingerprint density at radius 2 is 1.74 bits per heavy atom. The van der Waals surface area contributed by atoms with Crippen molar-refractivity contribution in [2.24, 2.45) is 0 Å². The van der Waals surface area contributed by atoms with E-state index in [1.807, 2.05) is 18.3 Å². The predicted octanol–water partition coefficient (Wildman–Crippen LogP) is 6.48. The smallest absolute Gasteiger partial charge is 0.161 e. The summed E-state index contributed by atoms with van der Waals surface area (Å²) in [7, 11) is 0. The van der Waals surface area contributed by atoms with E-state index < -0.39 is 0 Å². The molecule has 9 heteroatoms. The second-order valence-corrected chi connectivity index (χ2v) is 9.60. The van der Waals surface area contributed by atoms with Gasteiger partial charge in [-0.15, -0.1) is 0 Å². The first-order valence-corrected chi connectivity index (χ1v) is 12.8. The van der Waals surface area contributed by atoms with Crippen molar-refractivity contribution in [3.8, 4) is 39.5 Å². The second-order valence-electron chi connectivity index (χ2n) is 9.60. The Bertz CT molecular complexity index is 1770. The van der Waals surface area contributed by atoms with Crippen molar-refractivity contribution in [2.75, 3.05) is 0 Å². The van der Waals surface area contributed by atoms with Gasteiger partial charge in [0.05, 0.1) is 17.7 Å². The number of rotatable bonds is 5. The monoisotopic (exact) mass is 505 g/mol. The molecule has 0 atom stereocenters. The van der Waals surface area contributed by atoms with Crippen molar-refractivity contribution in [1.82, 2.24) is 35.1 Å². The summed E-state index contributed by atoms with van der Waals surface area (Å²) in [4.78, 5) is 21.4. The maximum atomic E-state index is 14.6. The molecule has 0 spiro atoms. The molecule has 1 aliphatic carbocycles. The Morgan fingerprint density at radius 1 is 0.868 bits per heavy atom. The van der Waals surface area contributed by atoms with Crippen LogP contribution < -0.4 is 4.74 Å². The summed E-state index contributed by atoms with van der Waals surface area (Å²) in [6.45, 7) is 0. The molecular formula is C29H24FN7O. The topological polar surface area (TPSA) is 105 Å². The highest BCUT2D eigenvalue weighted by Gasteiger charge is 2.19. The minimum absolute atomic E-state index is 0.248. The van der Waals surface area contributed by atoms with Gasteiger partial charge in [0.15, 0.2) is 17.1 Å². The van der Waals surface area contributed by atoms with E-state index in [4.69, 9.17) is 9.72 Å². The Labute approximate surface area is 217 Å². The van der Waals surface area contributed by atoms with Crippen LogP contribution in [0.5, 0.6) is 5.75 Å². The van der Waals surface area contributed by atoms with E-state index in [2.05, 4.69) is 30.1 Å². The van der Waals surface area contributed by atoms with Gasteiger partial charge in [0, 0.05) is 40.8 Å². The Morgan fingerprint density at radius 3 is 2.63 bits per heavy atom. The molecule has 7 rings (SSSR count). The molecule has 38 heavy (non-hydrogen) atoms. The highest BCUT2D eigenvalue weighted by molar-refractivity contribution is 5.96. The van der Waals surface area contributed by atoms with Crippen molar-refractivity contribution < 1.29 is 9.13 Å². The van der Waals surface area contributed by atoms with Gasteiger partial charge in [-0.05, 0) is 49.9 Å². The third-order valence-corrected chi connectivity index (χ3v) is 7.09. The second kappa shape index (κ2) is 9.33. The van der Waals surface area contributed by atoms with Crippen LogP contribution in [0.25, 0.3) is 56.0 Å². The summed E-state index contributed by atoms with van der Waals surface area (Å²) in [5.74, 6) is 0.979. The summed E-state index contributed by atoms with van der Waals surface area (Å²) in [6.07, 6.45) is 13.1. The van der Waals surface area contributed by atoms with Crippen LogP contribution in [-0.2, 0) is 0 Å². The molecule has 2 N–H and O–H groups in total. The number of nitrogens with zero attached hydrogens (tertiary/aromatic N) is 5. The summed E-state index contributed by atoms with van der Waals surface area (Å²) in [5.41, 5.74) is 5.30. The van der Waals surface area contributed by atoms with E-state index in [1.54, 1.807) is 42.9 Å². The lowest BCUT2D eigenvalue weighted by atomic mass is 9.98. The van der Waals surface area contributed by atoms with Crippen LogP contribution in [0.2, 0.25) is 0 Å². The predicted molar refractivity (Wildman–Crippen MR) is 143 cm³/mol. The number of halogens is 1. The van der Waals surface area contributed by atoms with Crippen molar-refractivity contribution in [1.29, 1.82) is 0 Å². The molecular weight excluding hydrogens is 481 g/mol. The van der Waals surface area contributed by atoms with E-state index in [9.17, 15) is 4.39 Å². The SMILES string of the molecule is Fc1ccccc1-c1ccnc2[nH]c(-c3n[nH]c4ncc(-c5cncc(OC6CCCCC6)c5)cc34)nc12. The number of aromatic amines is 2. The van der Waals surface area contributed by atoms with Gasteiger partial charge in [0.2, 0.25) is 0 Å². The quantitative estimate of drug-likeness (QED) is 0.278. The van der Waals surface area contributed by atoms with Crippen LogP contribution in [0.15, 0.2) is 67.3 Å². The van der Waals surface area contributed by atoms with Gasteiger partial charge in [-0.25, -0.2) is 19.3 Å². The minimum atomic E-state index is -0.313. The standard InChI is InChI=1S/C29H24FN7O/c30-24-9-5-4-8-21(24)22-10-11-32-28-25(22)34-29(35-28)26-23-13-18(15-33-27(23)37-36-26)17-12-20(16-31-14-17)38-19-6-2-1-3-7-19/h4-5,8-16,19H,1-3,6-7H2,(H,32,34,35)(H,33,36,37). The van der Waals surface area contributed by atoms with Gasteiger partial charge in [-0.2, -0.15) is 5.10 Å². The summed E-state index contributed by atoms with van der Waals surface area (Å²) in [5, 5.41) is 8.27. The molecule has 0 unspecified atom stereocenters. The first-order chi connectivity index (χ1) is 18.7. The number of aromatic nitrogens is 7. The van der Waals surface area contributed by atoms with Crippen molar-refractivity contribution in [2.45, 2.75) is 38.2 Å². The number of imidazole rings is 1. The van der Waals surface area contributed by atoms with E-state index >= 15 is 0 Å². The van der Waals surface area contributed by atoms with E-state index in [-0.39, 0.29) is 11.9 Å². The summed E-state index contributed by atoms with van der Waals surface area (Å²) < 4.78 is 20.8. The van der Waals surface area contributed by atoms with Crippen LogP contribution in [-0.4, -0.2) is 41.2 Å². The highest BCUT2D eigenvalue weighted by atomic mass is 19.1. The average molecular weight is 506 g/mol. The largest absolute Gasteiger partial charge is 0.489 e. The zero-order valence-electron chi connectivity index (χ0n) is 20.5. The van der Waals surface area contributed by atoms with Gasteiger partial charge in [-0.3, -0.25) is 10.1 Å². The number of ether oxygens (including phenoxy) is 1. The molecule has 5 aromatic heterocycles. The lowest BCUT2D eigenvalue weighted by Gasteiger charge is -2.23. The van der Waals surface area contributed by atoms with Crippen LogP contribution in [0.1, 0.15) is 32.1 Å². The number of nitrogens with one attached hydrogen (secondary N) is 2. The zero-order valence-corrected chi connectivity index (χ0v) is 20.5. The molecule has 1 fully saturated rings. The third-order valence-electron chi connectivity index (χ3n) is 7.09. The van der Waals surface area contributed by atoms with Gasteiger partial charge >= 0.3 is 0 Å². The van der Waals surface area contributed by atoms with Gasteiger partial charge in [0.1, 0.15) is 22.8 Å². The lowest BCUT2D eigenvalue weighted by molar-refractivity contribution is 0.154. The first kappa shape index (κ1) is 22.5. The van der Waals surface area contributed by atoms with Crippen LogP contribution in [0.3, 0.4) is 0 Å². The van der Waals surface area contributed by atoms with Gasteiger partial charge < -0.3 is 9.72 Å². The Kier molecular flexibility index (Phi) is 5.53. The summed E-state index contributed by atoms with van der Waals surface area (Å²) in [6, 6.07) is 12.4. The fraction of sp³-hybridized carbons (Fsp3) is 0.207. The number of H-pyrrole nitrogens is 2. The number of hydrogen-bond donors (Lipinski definition) is 2. The molecule has 8 nitrogen and oxygen atoms in total. The molecule has 1 aliphatic rings. The minimum Gasteiger partial charge on any atom is -0.489 e. The molecule has 1 aromatic carbocycles. The molecule has 0 radical (unpaired) electrons. The van der Waals surface area contributed by atoms with E-state index in [0.29, 0.717) is 39.5 Å². The normalized spacial score (nSPS) is 14.3. The highest BCUT2D eigenvalue weighted by Crippen LogP contribution is 2.33. The Balaban J connectivity index is 1.26. The molecule has 1 saturated carbocycles. The van der Waals surface area contributed by atoms with Crippen LogP contribution >= 0.6 is 0 Å².